The van der Waals surface area contributed by atoms with Gasteiger partial charge in [-0.3, -0.25) is 0 Å². The summed E-state index contributed by atoms with van der Waals surface area (Å²) in [7, 11) is 1.53. The summed E-state index contributed by atoms with van der Waals surface area (Å²) in [5.41, 5.74) is 6.80. The van der Waals surface area contributed by atoms with Crippen LogP contribution in [-0.2, 0) is 18.2 Å². The van der Waals surface area contributed by atoms with Gasteiger partial charge in [0.2, 0.25) is 0 Å². The summed E-state index contributed by atoms with van der Waals surface area (Å²) in [4.78, 5) is 0. The molecule has 0 heterocycles. The number of ether oxygens (including phenoxy) is 1. The second-order valence-corrected chi connectivity index (χ2v) is 11.3. The van der Waals surface area contributed by atoms with Crippen molar-refractivity contribution < 1.29 is 4.74 Å². The second-order valence-electron chi connectivity index (χ2n) is 8.96. The number of aryl methyl sites for hydroxylation is 2. The zero-order valence-electron chi connectivity index (χ0n) is 19.1. The van der Waals surface area contributed by atoms with Gasteiger partial charge in [0.15, 0.2) is 0 Å². The first kappa shape index (κ1) is 23.0. The van der Waals surface area contributed by atoms with E-state index in [1.54, 1.807) is 0 Å². The minimum atomic E-state index is 0.112. The molecule has 0 spiro atoms. The third kappa shape index (κ3) is 5.72. The molecule has 0 amide bonds. The summed E-state index contributed by atoms with van der Waals surface area (Å²) in [5, 5.41) is 2.81. The van der Waals surface area contributed by atoms with Crippen molar-refractivity contribution in [3.63, 3.8) is 0 Å². The molecule has 3 aromatic carbocycles. The van der Waals surface area contributed by atoms with E-state index < -0.39 is 0 Å². The fourth-order valence-electron chi connectivity index (χ4n) is 3.60. The summed E-state index contributed by atoms with van der Waals surface area (Å²) in [5.74, 6) is 1.05. The van der Waals surface area contributed by atoms with E-state index in [1.807, 2.05) is 6.07 Å². The lowest BCUT2D eigenvalue weighted by Crippen LogP contribution is -2.19. The zero-order valence-corrected chi connectivity index (χ0v) is 21.1. The van der Waals surface area contributed by atoms with Crippen LogP contribution in [0.5, 0.6) is 5.75 Å². The molecule has 0 saturated heterocycles. The van der Waals surface area contributed by atoms with Gasteiger partial charge in [0.05, 0.1) is 0 Å². The lowest BCUT2D eigenvalue weighted by molar-refractivity contribution is 0.306. The number of benzene rings is 3. The van der Waals surface area contributed by atoms with Crippen molar-refractivity contribution in [3.8, 4) is 5.75 Å². The summed E-state index contributed by atoms with van der Waals surface area (Å²) in [6, 6.07) is 21.9. The largest absolute Gasteiger partial charge is 0.488 e. The maximum absolute atomic E-state index is 6.44. The lowest BCUT2D eigenvalue weighted by Gasteiger charge is -2.24. The first-order valence-electron chi connectivity index (χ1n) is 10.6. The van der Waals surface area contributed by atoms with E-state index in [0.717, 1.165) is 20.5 Å². The lowest BCUT2D eigenvalue weighted by atomic mass is 9.86. The van der Waals surface area contributed by atoms with E-state index in [0.29, 0.717) is 15.2 Å². The molecule has 0 aliphatic carbocycles. The summed E-state index contributed by atoms with van der Waals surface area (Å²) < 4.78 is 6.44. The van der Waals surface area contributed by atoms with Crippen molar-refractivity contribution in [1.29, 1.82) is 0 Å². The highest BCUT2D eigenvalue weighted by molar-refractivity contribution is 7.56. The minimum Gasteiger partial charge on any atom is -0.488 e. The molecule has 2 unspecified atom stereocenters. The van der Waals surface area contributed by atoms with Crippen LogP contribution in [0.3, 0.4) is 0 Å². The Morgan fingerprint density at radius 2 is 1.60 bits per heavy atom. The molecular weight excluding hydrogens is 402 g/mol. The Morgan fingerprint density at radius 3 is 2.27 bits per heavy atom. The molecule has 0 fully saturated rings. The molecule has 158 valence electrons. The molecule has 0 aromatic heterocycles. The van der Waals surface area contributed by atoms with Gasteiger partial charge in [0.1, 0.15) is 12.4 Å². The maximum atomic E-state index is 6.44. The molecule has 2 atom stereocenters. The maximum Gasteiger partial charge on any atom is 0.130 e. The first-order valence-corrected chi connectivity index (χ1v) is 13.3. The Bertz CT molecular complexity index is 988. The molecule has 3 aromatic rings. The van der Waals surface area contributed by atoms with Gasteiger partial charge in [-0.2, -0.15) is 0 Å². The molecule has 0 bridgehead atoms. The van der Waals surface area contributed by atoms with E-state index >= 15 is 0 Å². The van der Waals surface area contributed by atoms with Crippen LogP contribution in [0.4, 0.5) is 0 Å². The highest BCUT2D eigenvalue weighted by Gasteiger charge is 2.20. The van der Waals surface area contributed by atoms with Gasteiger partial charge in [-0.25, -0.2) is 0 Å². The average Bonchev–Trinajstić information content (AvgIpc) is 2.70. The quantitative estimate of drug-likeness (QED) is 0.378. The molecule has 0 aliphatic rings. The van der Waals surface area contributed by atoms with Crippen molar-refractivity contribution in [2.24, 2.45) is 0 Å². The Labute approximate surface area is 186 Å². The van der Waals surface area contributed by atoms with E-state index in [9.17, 15) is 0 Å². The van der Waals surface area contributed by atoms with Crippen molar-refractivity contribution in [1.82, 2.24) is 0 Å². The van der Waals surface area contributed by atoms with E-state index in [1.165, 1.54) is 38.4 Å². The SMILES string of the molecule is CPCc1cccc(C)c1Pc1cc(C(C)(C)C)cc(C)c1OCc1ccccc1. The Hall–Kier alpha value is -1.68. The molecule has 1 nitrogen and oxygen atoms in total. The van der Waals surface area contributed by atoms with Gasteiger partial charge in [-0.05, 0) is 71.3 Å². The molecule has 0 N–H and O–H groups in total. The van der Waals surface area contributed by atoms with Crippen LogP contribution >= 0.6 is 17.2 Å². The van der Waals surface area contributed by atoms with Crippen LogP contribution in [-0.4, -0.2) is 6.66 Å². The fourth-order valence-corrected chi connectivity index (χ4v) is 5.95. The van der Waals surface area contributed by atoms with Crippen LogP contribution in [0.15, 0.2) is 60.7 Å². The Kier molecular flexibility index (Phi) is 7.73. The third-order valence-corrected chi connectivity index (χ3v) is 7.69. The van der Waals surface area contributed by atoms with Gasteiger partial charge >= 0.3 is 0 Å². The van der Waals surface area contributed by atoms with Crippen LogP contribution in [0, 0.1) is 13.8 Å². The number of hydrogen-bond donors (Lipinski definition) is 0. The summed E-state index contributed by atoms with van der Waals surface area (Å²) in [6.07, 6.45) is 1.15. The predicted octanol–water partition coefficient (Wildman–Crippen LogP) is 6.62. The molecule has 3 heteroatoms. The standard InChI is InChI=1S/C27H34OP2/c1-19-11-10-14-22(18-29-6)26(19)30-24-16-23(27(3,4)5)15-20(2)25(24)28-17-21-12-8-7-9-13-21/h7-16,29-30H,17-18H2,1-6H3. The molecule has 3 rings (SSSR count). The molecule has 0 aliphatic heterocycles. The van der Waals surface area contributed by atoms with Gasteiger partial charge in [-0.15, -0.1) is 8.58 Å². The number of hydrogen-bond acceptors (Lipinski definition) is 1. The van der Waals surface area contributed by atoms with Gasteiger partial charge in [0, 0.05) is 5.30 Å². The van der Waals surface area contributed by atoms with Crippen molar-refractivity contribution >= 4 is 27.8 Å². The smallest absolute Gasteiger partial charge is 0.130 e. The Balaban J connectivity index is 2.03. The van der Waals surface area contributed by atoms with E-state index in [4.69, 9.17) is 4.74 Å². The number of rotatable bonds is 7. The van der Waals surface area contributed by atoms with Gasteiger partial charge in [-0.1, -0.05) is 83.9 Å². The minimum absolute atomic E-state index is 0.112. The molecular formula is C27H34OP2. The highest BCUT2D eigenvalue weighted by Crippen LogP contribution is 2.32. The topological polar surface area (TPSA) is 9.23 Å². The van der Waals surface area contributed by atoms with Crippen molar-refractivity contribution in [3.05, 3.63) is 88.5 Å². The summed E-state index contributed by atoms with van der Waals surface area (Å²) >= 11 is 0. The molecule has 0 saturated carbocycles. The van der Waals surface area contributed by atoms with Gasteiger partial charge < -0.3 is 4.74 Å². The molecule has 0 radical (unpaired) electrons. The third-order valence-electron chi connectivity index (χ3n) is 5.35. The zero-order chi connectivity index (χ0) is 21.7. The van der Waals surface area contributed by atoms with E-state index in [2.05, 4.69) is 95.9 Å². The first-order chi connectivity index (χ1) is 14.3. The van der Waals surface area contributed by atoms with E-state index in [-0.39, 0.29) is 5.41 Å². The van der Waals surface area contributed by atoms with Crippen molar-refractivity contribution in [2.45, 2.75) is 52.8 Å². The fraction of sp³-hybridized carbons (Fsp3) is 0.333. The van der Waals surface area contributed by atoms with Crippen molar-refractivity contribution in [2.75, 3.05) is 6.66 Å². The average molecular weight is 437 g/mol. The monoisotopic (exact) mass is 436 g/mol. The van der Waals surface area contributed by atoms with Crippen LogP contribution in [0.2, 0.25) is 0 Å². The van der Waals surface area contributed by atoms with Crippen LogP contribution in [0.25, 0.3) is 0 Å². The Morgan fingerprint density at radius 1 is 0.867 bits per heavy atom. The second kappa shape index (κ2) is 10.1. The predicted molar refractivity (Wildman–Crippen MR) is 137 cm³/mol. The highest BCUT2D eigenvalue weighted by atomic mass is 31.1. The molecule has 30 heavy (non-hydrogen) atoms. The van der Waals surface area contributed by atoms with Crippen LogP contribution < -0.4 is 15.3 Å². The van der Waals surface area contributed by atoms with Crippen LogP contribution in [0.1, 0.15) is 48.6 Å². The summed E-state index contributed by atoms with van der Waals surface area (Å²) in [6.45, 7) is 14.2. The van der Waals surface area contributed by atoms with Gasteiger partial charge in [0.25, 0.3) is 0 Å². The normalized spacial score (nSPS) is 12.3.